The number of aromatic nitrogens is 4. The van der Waals surface area contributed by atoms with Crippen molar-refractivity contribution in [2.75, 3.05) is 29.4 Å². The Morgan fingerprint density at radius 1 is 0.912 bits per heavy atom. The van der Waals surface area contributed by atoms with Crippen molar-refractivity contribution in [2.24, 2.45) is 0 Å². The first-order valence-corrected chi connectivity index (χ1v) is 11.6. The Hall–Kier alpha value is -4.25. The zero-order valence-corrected chi connectivity index (χ0v) is 18.7. The van der Waals surface area contributed by atoms with Crippen molar-refractivity contribution < 1.29 is 4.79 Å². The van der Waals surface area contributed by atoms with Gasteiger partial charge in [0.25, 0.3) is 0 Å². The highest BCUT2D eigenvalue weighted by molar-refractivity contribution is 5.94. The van der Waals surface area contributed by atoms with Crippen LogP contribution in [0, 0.1) is 11.3 Å². The van der Waals surface area contributed by atoms with Gasteiger partial charge in [-0.3, -0.25) is 14.1 Å². The first kappa shape index (κ1) is 20.4. The van der Waals surface area contributed by atoms with E-state index in [4.69, 9.17) is 4.98 Å². The van der Waals surface area contributed by atoms with Crippen LogP contribution in [0.2, 0.25) is 0 Å². The normalized spacial score (nSPS) is 15.9. The molecule has 2 aliphatic heterocycles. The quantitative estimate of drug-likeness (QED) is 0.467. The summed E-state index contributed by atoms with van der Waals surface area (Å²) in [7, 11) is 0. The van der Waals surface area contributed by atoms with Gasteiger partial charge >= 0.3 is 0 Å². The van der Waals surface area contributed by atoms with Crippen LogP contribution >= 0.6 is 0 Å². The summed E-state index contributed by atoms with van der Waals surface area (Å²) in [6.07, 6.45) is 9.28. The van der Waals surface area contributed by atoms with Crippen LogP contribution in [0.4, 0.5) is 11.6 Å². The maximum atomic E-state index is 12.2. The molecule has 2 fully saturated rings. The third-order valence-corrected chi connectivity index (χ3v) is 6.59. The number of imidazole rings is 1. The number of fused-ring (bicyclic) bond motifs is 1. The second kappa shape index (κ2) is 8.27. The third kappa shape index (κ3) is 3.37. The Balaban J connectivity index is 1.53. The molecule has 1 aromatic carbocycles. The Labute approximate surface area is 197 Å². The maximum Gasteiger partial charge on any atom is 0.228 e. The van der Waals surface area contributed by atoms with E-state index in [1.807, 2.05) is 42.6 Å². The lowest BCUT2D eigenvalue weighted by Crippen LogP contribution is -2.24. The lowest BCUT2D eigenvalue weighted by molar-refractivity contribution is -0.117. The van der Waals surface area contributed by atoms with E-state index >= 15 is 0 Å². The molecule has 6 rings (SSSR count). The summed E-state index contributed by atoms with van der Waals surface area (Å²) in [6, 6.07) is 13.6. The lowest BCUT2D eigenvalue weighted by atomic mass is 10.0. The van der Waals surface area contributed by atoms with Gasteiger partial charge in [0.2, 0.25) is 5.91 Å². The minimum absolute atomic E-state index is 0.118. The zero-order valence-electron chi connectivity index (χ0n) is 18.7. The van der Waals surface area contributed by atoms with E-state index in [1.165, 1.54) is 0 Å². The number of rotatable bonds is 4. The fourth-order valence-electron chi connectivity index (χ4n) is 4.87. The first-order valence-electron chi connectivity index (χ1n) is 11.6. The van der Waals surface area contributed by atoms with Crippen LogP contribution in [-0.2, 0) is 4.79 Å². The summed E-state index contributed by atoms with van der Waals surface area (Å²) in [4.78, 5) is 30.6. The lowest BCUT2D eigenvalue weighted by Gasteiger charge is -2.21. The van der Waals surface area contributed by atoms with E-state index in [0.717, 1.165) is 66.3 Å². The van der Waals surface area contributed by atoms with Gasteiger partial charge in [0.15, 0.2) is 11.5 Å². The Bertz CT molecular complexity index is 1410. The number of carbonyl (C=O) groups excluding carboxylic acids is 1. The minimum Gasteiger partial charge on any atom is -0.354 e. The summed E-state index contributed by atoms with van der Waals surface area (Å²) in [5.41, 5.74) is 4.92. The maximum absolute atomic E-state index is 12.2. The molecule has 0 bridgehead atoms. The number of nitriles is 1. The summed E-state index contributed by atoms with van der Waals surface area (Å²) in [6.45, 7) is 2.63. The molecule has 34 heavy (non-hydrogen) atoms. The second-order valence-electron chi connectivity index (χ2n) is 8.69. The molecule has 2 saturated heterocycles. The van der Waals surface area contributed by atoms with E-state index in [1.54, 1.807) is 17.3 Å². The SMILES string of the molecule is N#Cc1ccc(-c2nc(N3CCCC3)c3nccn3c2-c2ccc(N3CCCC3=O)nc2)cc1. The van der Waals surface area contributed by atoms with Crippen LogP contribution in [0.15, 0.2) is 55.0 Å². The Morgan fingerprint density at radius 3 is 2.38 bits per heavy atom. The number of pyridine rings is 1. The molecule has 4 aromatic rings. The van der Waals surface area contributed by atoms with Gasteiger partial charge in [-0.1, -0.05) is 12.1 Å². The molecule has 0 unspecified atom stereocenters. The van der Waals surface area contributed by atoms with E-state index in [9.17, 15) is 10.1 Å². The van der Waals surface area contributed by atoms with Crippen molar-refractivity contribution in [3.8, 4) is 28.6 Å². The molecule has 3 aromatic heterocycles. The topological polar surface area (TPSA) is 90.4 Å². The summed E-state index contributed by atoms with van der Waals surface area (Å²) < 4.78 is 2.08. The van der Waals surface area contributed by atoms with Gasteiger partial charge in [-0.25, -0.2) is 15.0 Å². The Kier molecular flexibility index (Phi) is 4.95. The van der Waals surface area contributed by atoms with Crippen molar-refractivity contribution in [1.82, 2.24) is 19.4 Å². The number of benzene rings is 1. The molecule has 0 atom stereocenters. The molecule has 0 aliphatic carbocycles. The largest absolute Gasteiger partial charge is 0.354 e. The van der Waals surface area contributed by atoms with E-state index in [-0.39, 0.29) is 5.91 Å². The number of anilines is 2. The van der Waals surface area contributed by atoms with E-state index < -0.39 is 0 Å². The molecule has 0 spiro atoms. The standard InChI is InChI=1S/C26H23N7O/c27-16-18-5-7-19(8-6-18)23-24(20-9-10-21(29-17-20)32-14-3-4-22(32)34)33-15-11-28-25(33)26(30-23)31-12-1-2-13-31/h5-11,15,17H,1-4,12-14H2. The molecular weight excluding hydrogens is 426 g/mol. The van der Waals surface area contributed by atoms with Gasteiger partial charge < -0.3 is 4.90 Å². The highest BCUT2D eigenvalue weighted by Gasteiger charge is 2.25. The molecule has 0 saturated carbocycles. The molecule has 168 valence electrons. The van der Waals surface area contributed by atoms with Gasteiger partial charge in [0, 0.05) is 55.8 Å². The van der Waals surface area contributed by atoms with Crippen molar-refractivity contribution >= 4 is 23.2 Å². The number of hydrogen-bond acceptors (Lipinski definition) is 6. The highest BCUT2D eigenvalue weighted by Crippen LogP contribution is 2.36. The molecule has 8 nitrogen and oxygen atoms in total. The molecule has 0 radical (unpaired) electrons. The van der Waals surface area contributed by atoms with Crippen LogP contribution in [0.3, 0.4) is 0 Å². The average Bonchev–Trinajstić information content (AvgIpc) is 3.65. The number of hydrogen-bond donors (Lipinski definition) is 0. The van der Waals surface area contributed by atoms with Gasteiger partial charge in [-0.15, -0.1) is 0 Å². The van der Waals surface area contributed by atoms with Crippen molar-refractivity contribution in [3.05, 3.63) is 60.6 Å². The molecule has 1 amide bonds. The molecule has 2 aliphatic rings. The zero-order chi connectivity index (χ0) is 23.1. The van der Waals surface area contributed by atoms with Crippen molar-refractivity contribution in [1.29, 1.82) is 5.26 Å². The average molecular weight is 450 g/mol. The van der Waals surface area contributed by atoms with Gasteiger partial charge in [0.1, 0.15) is 5.82 Å². The predicted molar refractivity (Wildman–Crippen MR) is 129 cm³/mol. The summed E-state index contributed by atoms with van der Waals surface area (Å²) in [5.74, 6) is 1.67. The highest BCUT2D eigenvalue weighted by atomic mass is 16.2. The molecule has 5 heterocycles. The van der Waals surface area contributed by atoms with Crippen LogP contribution in [0.1, 0.15) is 31.2 Å². The van der Waals surface area contributed by atoms with E-state index in [0.29, 0.717) is 24.3 Å². The molecular formula is C26H23N7O. The van der Waals surface area contributed by atoms with E-state index in [2.05, 4.69) is 25.3 Å². The second-order valence-corrected chi connectivity index (χ2v) is 8.69. The van der Waals surface area contributed by atoms with Crippen molar-refractivity contribution in [2.45, 2.75) is 25.7 Å². The first-order chi connectivity index (χ1) is 16.7. The van der Waals surface area contributed by atoms with Crippen LogP contribution in [-0.4, -0.2) is 44.9 Å². The number of nitrogens with zero attached hydrogens (tertiary/aromatic N) is 7. The summed E-state index contributed by atoms with van der Waals surface area (Å²) >= 11 is 0. The van der Waals surface area contributed by atoms with Gasteiger partial charge in [-0.05, 0) is 43.5 Å². The Morgan fingerprint density at radius 2 is 1.71 bits per heavy atom. The fraction of sp³-hybridized carbons (Fsp3) is 0.269. The van der Waals surface area contributed by atoms with Crippen molar-refractivity contribution in [3.63, 3.8) is 0 Å². The smallest absolute Gasteiger partial charge is 0.228 e. The summed E-state index contributed by atoms with van der Waals surface area (Å²) in [5, 5.41) is 9.25. The van der Waals surface area contributed by atoms with Crippen LogP contribution < -0.4 is 9.80 Å². The minimum atomic E-state index is 0.118. The third-order valence-electron chi connectivity index (χ3n) is 6.59. The van der Waals surface area contributed by atoms with Crippen LogP contribution in [0.5, 0.6) is 0 Å². The number of amides is 1. The molecule has 8 heteroatoms. The fourth-order valence-corrected chi connectivity index (χ4v) is 4.87. The monoisotopic (exact) mass is 449 g/mol. The molecule has 0 N–H and O–H groups in total. The van der Waals surface area contributed by atoms with Gasteiger partial charge in [-0.2, -0.15) is 5.26 Å². The van der Waals surface area contributed by atoms with Gasteiger partial charge in [0.05, 0.1) is 23.0 Å². The number of carbonyl (C=O) groups is 1. The van der Waals surface area contributed by atoms with Crippen LogP contribution in [0.25, 0.3) is 28.2 Å². The predicted octanol–water partition coefficient (Wildman–Crippen LogP) is 4.06.